The van der Waals surface area contributed by atoms with Gasteiger partial charge in [0.2, 0.25) is 10.0 Å². The zero-order valence-electron chi connectivity index (χ0n) is 12.5. The monoisotopic (exact) mass is 379 g/mol. The van der Waals surface area contributed by atoms with E-state index in [0.29, 0.717) is 29.7 Å². The predicted molar refractivity (Wildman–Crippen MR) is 85.5 cm³/mol. The van der Waals surface area contributed by atoms with Crippen LogP contribution in [0.3, 0.4) is 0 Å². The van der Waals surface area contributed by atoms with E-state index in [1.165, 1.54) is 10.4 Å². The number of sulfonamides is 1. The van der Waals surface area contributed by atoms with Crippen molar-refractivity contribution in [1.82, 2.24) is 4.31 Å². The normalized spacial score (nSPS) is 12.3. The average Bonchev–Trinajstić information content (AvgIpc) is 2.42. The number of aliphatic hydroxyl groups excluding tert-OH is 1. The van der Waals surface area contributed by atoms with Crippen molar-refractivity contribution < 1.29 is 18.3 Å². The molecule has 1 rings (SSSR count). The molecule has 0 amide bonds. The highest BCUT2D eigenvalue weighted by molar-refractivity contribution is 9.10. The van der Waals surface area contributed by atoms with Crippen LogP contribution in [0.25, 0.3) is 0 Å². The van der Waals surface area contributed by atoms with Crippen LogP contribution in [-0.4, -0.2) is 44.6 Å². The third kappa shape index (κ3) is 5.03. The highest BCUT2D eigenvalue weighted by Crippen LogP contribution is 2.26. The Balaban J connectivity index is 3.15. The summed E-state index contributed by atoms with van der Waals surface area (Å²) in [6, 6.07) is 4.75. The molecule has 120 valence electrons. The molecule has 21 heavy (non-hydrogen) atoms. The molecule has 0 heterocycles. The fourth-order valence-corrected chi connectivity index (χ4v) is 4.57. The van der Waals surface area contributed by atoms with E-state index in [1.54, 1.807) is 19.2 Å². The second-order valence-corrected chi connectivity index (χ2v) is 7.93. The summed E-state index contributed by atoms with van der Waals surface area (Å²) in [7, 11) is -2.05. The SMILES string of the molecule is COCCN(CC(C)C)S(=O)(=O)c1ccc(CO)cc1Br. The Hall–Kier alpha value is -0.470. The van der Waals surface area contributed by atoms with Crippen LogP contribution in [0.2, 0.25) is 0 Å². The summed E-state index contributed by atoms with van der Waals surface area (Å²) in [5, 5.41) is 9.10. The van der Waals surface area contributed by atoms with E-state index in [2.05, 4.69) is 15.9 Å². The van der Waals surface area contributed by atoms with Gasteiger partial charge in [-0.3, -0.25) is 0 Å². The van der Waals surface area contributed by atoms with Gasteiger partial charge in [-0.2, -0.15) is 4.31 Å². The van der Waals surface area contributed by atoms with Crippen LogP contribution in [0.15, 0.2) is 27.6 Å². The molecule has 0 radical (unpaired) electrons. The lowest BCUT2D eigenvalue weighted by Crippen LogP contribution is -2.36. The molecule has 0 fully saturated rings. The van der Waals surface area contributed by atoms with Crippen molar-refractivity contribution in [2.24, 2.45) is 5.92 Å². The average molecular weight is 380 g/mol. The number of benzene rings is 1. The first-order valence-corrected chi connectivity index (χ1v) is 8.94. The summed E-state index contributed by atoms with van der Waals surface area (Å²) in [5.74, 6) is 0.215. The summed E-state index contributed by atoms with van der Waals surface area (Å²) in [4.78, 5) is 0.205. The highest BCUT2D eigenvalue weighted by atomic mass is 79.9. The minimum absolute atomic E-state index is 0.127. The lowest BCUT2D eigenvalue weighted by molar-refractivity contribution is 0.175. The van der Waals surface area contributed by atoms with E-state index < -0.39 is 10.0 Å². The summed E-state index contributed by atoms with van der Waals surface area (Å²) < 4.78 is 32.4. The Morgan fingerprint density at radius 3 is 2.52 bits per heavy atom. The van der Waals surface area contributed by atoms with Gasteiger partial charge in [0, 0.05) is 24.7 Å². The standard InChI is InChI=1S/C14H22BrNO4S/c1-11(2)9-16(6-7-20-3)21(18,19)14-5-4-12(10-17)8-13(14)15/h4-5,8,11,17H,6-7,9-10H2,1-3H3. The summed E-state index contributed by atoms with van der Waals surface area (Å²) in [6.07, 6.45) is 0. The third-order valence-electron chi connectivity index (χ3n) is 2.91. The smallest absolute Gasteiger partial charge is 0.244 e. The lowest BCUT2D eigenvalue weighted by atomic mass is 10.2. The Labute approximate surface area is 135 Å². The van der Waals surface area contributed by atoms with Gasteiger partial charge in [0.15, 0.2) is 0 Å². The Bertz CT molecular complexity index is 560. The van der Waals surface area contributed by atoms with Gasteiger partial charge in [0.1, 0.15) is 0 Å². The molecule has 0 spiro atoms. The Kier molecular flexibility index (Phi) is 7.29. The van der Waals surface area contributed by atoms with Gasteiger partial charge < -0.3 is 9.84 Å². The van der Waals surface area contributed by atoms with E-state index in [4.69, 9.17) is 9.84 Å². The van der Waals surface area contributed by atoms with Crippen molar-refractivity contribution >= 4 is 26.0 Å². The zero-order chi connectivity index (χ0) is 16.0. The van der Waals surface area contributed by atoms with Crippen LogP contribution < -0.4 is 0 Å². The number of halogens is 1. The number of ether oxygens (including phenoxy) is 1. The third-order valence-corrected chi connectivity index (χ3v) is 5.75. The first kappa shape index (κ1) is 18.6. The number of nitrogens with zero attached hydrogens (tertiary/aromatic N) is 1. The molecule has 7 heteroatoms. The van der Waals surface area contributed by atoms with Gasteiger partial charge in [0.05, 0.1) is 18.1 Å². The fourth-order valence-electron chi connectivity index (χ4n) is 1.90. The Morgan fingerprint density at radius 2 is 2.05 bits per heavy atom. The zero-order valence-corrected chi connectivity index (χ0v) is 14.9. The lowest BCUT2D eigenvalue weighted by Gasteiger charge is -2.24. The maximum atomic E-state index is 12.8. The van der Waals surface area contributed by atoms with Crippen molar-refractivity contribution in [2.45, 2.75) is 25.3 Å². The number of rotatable bonds is 8. The quantitative estimate of drug-likeness (QED) is 0.751. The van der Waals surface area contributed by atoms with E-state index in [1.807, 2.05) is 13.8 Å². The molecular weight excluding hydrogens is 358 g/mol. The van der Waals surface area contributed by atoms with Crippen LogP contribution in [-0.2, 0) is 21.4 Å². The van der Waals surface area contributed by atoms with E-state index in [-0.39, 0.29) is 17.4 Å². The van der Waals surface area contributed by atoms with Gasteiger partial charge in [-0.05, 0) is 39.5 Å². The molecule has 0 aliphatic heterocycles. The molecule has 0 saturated carbocycles. The van der Waals surface area contributed by atoms with Crippen molar-refractivity contribution in [2.75, 3.05) is 26.8 Å². The largest absolute Gasteiger partial charge is 0.392 e. The first-order chi connectivity index (χ1) is 9.82. The van der Waals surface area contributed by atoms with E-state index in [0.717, 1.165) is 0 Å². The fraction of sp³-hybridized carbons (Fsp3) is 0.571. The van der Waals surface area contributed by atoms with Gasteiger partial charge in [0.25, 0.3) is 0 Å². The van der Waals surface area contributed by atoms with Gasteiger partial charge >= 0.3 is 0 Å². The predicted octanol–water partition coefficient (Wildman–Crippen LogP) is 2.23. The summed E-state index contributed by atoms with van der Waals surface area (Å²) in [5.41, 5.74) is 0.660. The Morgan fingerprint density at radius 1 is 1.38 bits per heavy atom. The van der Waals surface area contributed by atoms with Crippen LogP contribution in [0, 0.1) is 5.92 Å². The first-order valence-electron chi connectivity index (χ1n) is 6.71. The molecule has 1 aromatic rings. The molecule has 0 atom stereocenters. The molecule has 0 aliphatic rings. The minimum atomic E-state index is -3.60. The number of hydrogen-bond donors (Lipinski definition) is 1. The van der Waals surface area contributed by atoms with Crippen LogP contribution in [0.4, 0.5) is 0 Å². The molecule has 0 saturated heterocycles. The van der Waals surface area contributed by atoms with Gasteiger partial charge in [-0.25, -0.2) is 8.42 Å². The van der Waals surface area contributed by atoms with Crippen LogP contribution in [0.1, 0.15) is 19.4 Å². The number of hydrogen-bond acceptors (Lipinski definition) is 4. The van der Waals surface area contributed by atoms with Crippen molar-refractivity contribution in [3.8, 4) is 0 Å². The molecular formula is C14H22BrNO4S. The molecule has 0 bridgehead atoms. The van der Waals surface area contributed by atoms with Gasteiger partial charge in [-0.15, -0.1) is 0 Å². The molecule has 1 aromatic carbocycles. The van der Waals surface area contributed by atoms with Crippen molar-refractivity contribution in [1.29, 1.82) is 0 Å². The van der Waals surface area contributed by atoms with E-state index >= 15 is 0 Å². The van der Waals surface area contributed by atoms with E-state index in [9.17, 15) is 8.42 Å². The second-order valence-electron chi connectivity index (χ2n) is 5.17. The topological polar surface area (TPSA) is 66.8 Å². The summed E-state index contributed by atoms with van der Waals surface area (Å²) >= 11 is 3.28. The van der Waals surface area contributed by atoms with Crippen LogP contribution >= 0.6 is 15.9 Å². The van der Waals surface area contributed by atoms with Crippen molar-refractivity contribution in [3.05, 3.63) is 28.2 Å². The second kappa shape index (κ2) is 8.24. The number of methoxy groups -OCH3 is 1. The number of aliphatic hydroxyl groups is 1. The molecule has 0 aromatic heterocycles. The van der Waals surface area contributed by atoms with Crippen molar-refractivity contribution in [3.63, 3.8) is 0 Å². The highest BCUT2D eigenvalue weighted by Gasteiger charge is 2.27. The van der Waals surface area contributed by atoms with Crippen LogP contribution in [0.5, 0.6) is 0 Å². The van der Waals surface area contributed by atoms with Gasteiger partial charge in [-0.1, -0.05) is 19.9 Å². The summed E-state index contributed by atoms with van der Waals surface area (Å²) in [6.45, 7) is 4.90. The molecule has 0 unspecified atom stereocenters. The maximum absolute atomic E-state index is 12.8. The maximum Gasteiger partial charge on any atom is 0.244 e. The minimum Gasteiger partial charge on any atom is -0.392 e. The molecule has 5 nitrogen and oxygen atoms in total. The molecule has 1 N–H and O–H groups in total. The molecule has 0 aliphatic carbocycles.